The Hall–Kier alpha value is -4.63. The van der Waals surface area contributed by atoms with E-state index in [0.717, 1.165) is 10.9 Å². The number of carbonyl (C=O) groups excluding carboxylic acids is 2. The van der Waals surface area contributed by atoms with Gasteiger partial charge in [0.05, 0.1) is 19.0 Å². The minimum Gasteiger partial charge on any atom is -0.497 e. The molecule has 8 nitrogen and oxygen atoms in total. The van der Waals surface area contributed by atoms with Crippen molar-refractivity contribution >= 4 is 40.1 Å². The number of hydrogen-bond donors (Lipinski definition) is 2. The Labute approximate surface area is 259 Å². The van der Waals surface area contributed by atoms with Gasteiger partial charge in [0.2, 0.25) is 0 Å². The molecule has 0 saturated carbocycles. The smallest absolute Gasteiger partial charge is 0.310 e. The number of benzene rings is 4. The van der Waals surface area contributed by atoms with Gasteiger partial charge in [-0.1, -0.05) is 48.0 Å². The molecule has 3 atom stereocenters. The number of methoxy groups -OCH3 is 1. The molecule has 5 aromatic rings. The van der Waals surface area contributed by atoms with Crippen molar-refractivity contribution in [2.24, 2.45) is 0 Å². The first-order chi connectivity index (χ1) is 21.2. The summed E-state index contributed by atoms with van der Waals surface area (Å²) in [4.78, 5) is 28.4. The first kappa shape index (κ1) is 29.4. The van der Waals surface area contributed by atoms with Crippen molar-refractivity contribution in [2.45, 2.75) is 38.8 Å². The highest BCUT2D eigenvalue weighted by Gasteiger charge is 2.36. The topological polar surface area (TPSA) is 101 Å². The fourth-order valence-corrected chi connectivity index (χ4v) is 5.99. The first-order valence-electron chi connectivity index (χ1n) is 14.2. The lowest BCUT2D eigenvalue weighted by molar-refractivity contribution is -0.147. The van der Waals surface area contributed by atoms with Crippen molar-refractivity contribution in [3.63, 3.8) is 0 Å². The molecule has 224 valence electrons. The maximum absolute atomic E-state index is 13.6. The maximum Gasteiger partial charge on any atom is 0.310 e. The molecule has 0 fully saturated rings. The van der Waals surface area contributed by atoms with Crippen LogP contribution >= 0.6 is 11.6 Å². The zero-order valence-electron chi connectivity index (χ0n) is 24.4. The van der Waals surface area contributed by atoms with Crippen molar-refractivity contribution in [1.29, 1.82) is 0 Å². The molecule has 0 spiro atoms. The molecular weight excluding hydrogens is 580 g/mol. The van der Waals surface area contributed by atoms with E-state index >= 15 is 0 Å². The molecule has 9 heteroatoms. The quantitative estimate of drug-likeness (QED) is 0.199. The molecule has 2 N–H and O–H groups in total. The molecule has 0 bridgehead atoms. The van der Waals surface area contributed by atoms with Crippen LogP contribution < -0.4 is 9.64 Å². The molecule has 1 aliphatic heterocycles. The lowest BCUT2D eigenvalue weighted by Crippen LogP contribution is -2.25. The third kappa shape index (κ3) is 5.21. The number of ether oxygens (including phenoxy) is 2. The van der Waals surface area contributed by atoms with Crippen LogP contribution in [-0.2, 0) is 16.0 Å². The van der Waals surface area contributed by atoms with E-state index < -0.39 is 24.5 Å². The molecule has 0 aliphatic carbocycles. The standard InChI is InChI=1S/C35H31ClN2O6/c1-20-29(30-18-26(43-3)16-17-31(30)37(20)33(40)23-8-12-24(36)13-9-23)19-32(39)44-21(2)22-10-14-25(15-11-22)38-34(41)27-6-4-5-7-28(27)35(38)42/h4-18,21,34-35,41-42H,19H2,1-3H3. The van der Waals surface area contributed by atoms with E-state index in [2.05, 4.69) is 0 Å². The number of anilines is 1. The summed E-state index contributed by atoms with van der Waals surface area (Å²) in [6.45, 7) is 3.59. The molecule has 2 heterocycles. The van der Waals surface area contributed by atoms with Gasteiger partial charge in [-0.3, -0.25) is 14.2 Å². The molecule has 1 aromatic heterocycles. The van der Waals surface area contributed by atoms with E-state index in [9.17, 15) is 19.8 Å². The second-order valence-electron chi connectivity index (χ2n) is 10.8. The van der Waals surface area contributed by atoms with Gasteiger partial charge >= 0.3 is 5.97 Å². The Morgan fingerprint density at radius 1 is 0.909 bits per heavy atom. The zero-order valence-corrected chi connectivity index (χ0v) is 25.2. The molecule has 0 radical (unpaired) electrons. The first-order valence-corrected chi connectivity index (χ1v) is 14.6. The predicted molar refractivity (Wildman–Crippen MR) is 168 cm³/mol. The van der Waals surface area contributed by atoms with Gasteiger partial charge in [0, 0.05) is 38.5 Å². The number of halogens is 1. The molecular formula is C35H31ClN2O6. The van der Waals surface area contributed by atoms with Crippen LogP contribution in [-0.4, -0.2) is 33.8 Å². The number of rotatable bonds is 7. The van der Waals surface area contributed by atoms with Crippen molar-refractivity contribution in [3.05, 3.63) is 130 Å². The van der Waals surface area contributed by atoms with Crippen molar-refractivity contribution in [2.75, 3.05) is 12.0 Å². The Kier molecular flexibility index (Phi) is 7.90. The summed E-state index contributed by atoms with van der Waals surface area (Å²) >= 11 is 6.03. The van der Waals surface area contributed by atoms with Gasteiger partial charge in [-0.05, 0) is 79.6 Å². The van der Waals surface area contributed by atoms with Gasteiger partial charge < -0.3 is 24.6 Å². The van der Waals surface area contributed by atoms with Gasteiger partial charge in [0.25, 0.3) is 5.91 Å². The lowest BCUT2D eigenvalue weighted by atomic mass is 10.1. The third-order valence-corrected chi connectivity index (χ3v) is 8.46. The van der Waals surface area contributed by atoms with E-state index in [0.29, 0.717) is 49.9 Å². The summed E-state index contributed by atoms with van der Waals surface area (Å²) in [5.41, 5.74) is 5.13. The number of aliphatic hydroxyl groups is 2. The Morgan fingerprint density at radius 3 is 2.16 bits per heavy atom. The second kappa shape index (κ2) is 11.8. The summed E-state index contributed by atoms with van der Waals surface area (Å²) in [5, 5.41) is 22.9. The Morgan fingerprint density at radius 2 is 1.55 bits per heavy atom. The van der Waals surface area contributed by atoms with Crippen LogP contribution in [0.25, 0.3) is 10.9 Å². The van der Waals surface area contributed by atoms with Gasteiger partial charge in [-0.15, -0.1) is 0 Å². The van der Waals surface area contributed by atoms with E-state index in [-0.39, 0.29) is 12.3 Å². The van der Waals surface area contributed by atoms with Crippen molar-refractivity contribution in [1.82, 2.24) is 4.57 Å². The largest absolute Gasteiger partial charge is 0.497 e. The van der Waals surface area contributed by atoms with E-state index in [1.54, 1.807) is 79.3 Å². The summed E-state index contributed by atoms with van der Waals surface area (Å²) in [5.74, 6) is -0.0851. The molecule has 6 rings (SSSR count). The summed E-state index contributed by atoms with van der Waals surface area (Å²) in [6, 6.07) is 26.5. The summed E-state index contributed by atoms with van der Waals surface area (Å²) in [7, 11) is 1.56. The van der Waals surface area contributed by atoms with Crippen LogP contribution in [0.15, 0.2) is 91.0 Å². The van der Waals surface area contributed by atoms with Gasteiger partial charge in [-0.2, -0.15) is 0 Å². The van der Waals surface area contributed by atoms with E-state index in [1.807, 2.05) is 37.3 Å². The third-order valence-electron chi connectivity index (χ3n) is 8.21. The van der Waals surface area contributed by atoms with E-state index in [1.165, 1.54) is 4.90 Å². The normalized spacial score (nSPS) is 16.5. The molecule has 44 heavy (non-hydrogen) atoms. The minimum absolute atomic E-state index is 0.0523. The fraction of sp³-hybridized carbons (Fsp3) is 0.200. The lowest BCUT2D eigenvalue weighted by Gasteiger charge is -2.27. The highest BCUT2D eigenvalue weighted by atomic mass is 35.5. The van der Waals surface area contributed by atoms with Crippen LogP contribution in [0, 0.1) is 6.92 Å². The number of aliphatic hydroxyl groups excluding tert-OH is 2. The highest BCUT2D eigenvalue weighted by Crippen LogP contribution is 2.42. The summed E-state index contributed by atoms with van der Waals surface area (Å²) in [6.07, 6.45) is -2.57. The predicted octanol–water partition coefficient (Wildman–Crippen LogP) is 6.65. The molecule has 3 unspecified atom stereocenters. The maximum atomic E-state index is 13.6. The number of esters is 1. The van der Waals surface area contributed by atoms with Crippen LogP contribution in [0.1, 0.15) is 63.8 Å². The average Bonchev–Trinajstić information content (AvgIpc) is 3.45. The van der Waals surface area contributed by atoms with Crippen LogP contribution in [0.3, 0.4) is 0 Å². The van der Waals surface area contributed by atoms with Crippen molar-refractivity contribution < 1.29 is 29.3 Å². The fourth-order valence-electron chi connectivity index (χ4n) is 5.86. The van der Waals surface area contributed by atoms with Gasteiger partial charge in [0.15, 0.2) is 12.5 Å². The number of aromatic nitrogens is 1. The second-order valence-corrected chi connectivity index (χ2v) is 11.2. The van der Waals surface area contributed by atoms with E-state index in [4.69, 9.17) is 21.1 Å². The van der Waals surface area contributed by atoms with Crippen LogP contribution in [0.4, 0.5) is 5.69 Å². The number of fused-ring (bicyclic) bond motifs is 2. The molecule has 0 saturated heterocycles. The zero-order chi connectivity index (χ0) is 31.1. The van der Waals surface area contributed by atoms with Gasteiger partial charge in [0.1, 0.15) is 11.9 Å². The number of carbonyl (C=O) groups is 2. The minimum atomic E-state index is -0.974. The monoisotopic (exact) mass is 610 g/mol. The van der Waals surface area contributed by atoms with Crippen molar-refractivity contribution in [3.8, 4) is 5.75 Å². The number of hydrogen-bond acceptors (Lipinski definition) is 7. The molecule has 1 aliphatic rings. The van der Waals surface area contributed by atoms with Crippen LogP contribution in [0.2, 0.25) is 5.02 Å². The average molecular weight is 611 g/mol. The molecule has 4 aromatic carbocycles. The Bertz CT molecular complexity index is 1840. The SMILES string of the molecule is COc1ccc2c(c1)c(CC(=O)OC(C)c1ccc(N3C(O)c4ccccc4C3O)cc1)c(C)n2C(=O)c1ccc(Cl)cc1. The Balaban J connectivity index is 1.22. The highest BCUT2D eigenvalue weighted by molar-refractivity contribution is 6.30. The number of nitrogens with zero attached hydrogens (tertiary/aromatic N) is 2. The summed E-state index contributed by atoms with van der Waals surface area (Å²) < 4.78 is 12.9. The van der Waals surface area contributed by atoms with Gasteiger partial charge in [-0.25, -0.2) is 0 Å². The van der Waals surface area contributed by atoms with Crippen LogP contribution in [0.5, 0.6) is 5.75 Å². The molecule has 0 amide bonds.